The number of thiazole rings is 1. The van der Waals surface area contributed by atoms with E-state index in [1.54, 1.807) is 35.6 Å². The minimum atomic E-state index is -0.294. The summed E-state index contributed by atoms with van der Waals surface area (Å²) >= 11 is 1.59. The molecule has 0 unspecified atom stereocenters. The van der Waals surface area contributed by atoms with Crippen LogP contribution in [0.3, 0.4) is 0 Å². The van der Waals surface area contributed by atoms with Crippen molar-refractivity contribution in [3.05, 3.63) is 81.8 Å². The van der Waals surface area contributed by atoms with Crippen LogP contribution in [0.5, 0.6) is 5.75 Å². The molecule has 0 radical (unpaired) electrons. The Balaban J connectivity index is 1.46. The zero-order valence-corrected chi connectivity index (χ0v) is 14.6. The van der Waals surface area contributed by atoms with E-state index in [4.69, 9.17) is 9.57 Å². The van der Waals surface area contributed by atoms with Crippen LogP contribution in [0.2, 0.25) is 0 Å². The average molecular weight is 354 g/mol. The number of amides is 1. The Morgan fingerprint density at radius 1 is 1.08 bits per heavy atom. The number of hydrogen-bond donors (Lipinski definition) is 1. The monoisotopic (exact) mass is 354 g/mol. The van der Waals surface area contributed by atoms with Gasteiger partial charge in [0.2, 0.25) is 0 Å². The van der Waals surface area contributed by atoms with E-state index < -0.39 is 0 Å². The van der Waals surface area contributed by atoms with E-state index in [1.165, 1.54) is 0 Å². The molecule has 0 atom stereocenters. The van der Waals surface area contributed by atoms with Crippen LogP contribution in [0.25, 0.3) is 0 Å². The SMILES string of the molecule is Cc1nc(COc2ccc(C(=O)NOCc3ccccc3)cc2)cs1. The second-order valence-corrected chi connectivity index (χ2v) is 6.44. The quantitative estimate of drug-likeness (QED) is 0.654. The summed E-state index contributed by atoms with van der Waals surface area (Å²) in [6.07, 6.45) is 0. The van der Waals surface area contributed by atoms with Crippen molar-refractivity contribution in [1.82, 2.24) is 10.5 Å². The van der Waals surface area contributed by atoms with Gasteiger partial charge >= 0.3 is 0 Å². The maximum Gasteiger partial charge on any atom is 0.274 e. The first-order valence-corrected chi connectivity index (χ1v) is 8.68. The number of benzene rings is 2. The molecule has 1 amide bonds. The number of hydroxylamine groups is 1. The molecular weight excluding hydrogens is 336 g/mol. The first kappa shape index (κ1) is 17.1. The van der Waals surface area contributed by atoms with Crippen molar-refractivity contribution in [2.24, 2.45) is 0 Å². The van der Waals surface area contributed by atoms with E-state index in [2.05, 4.69) is 10.5 Å². The van der Waals surface area contributed by atoms with E-state index in [1.807, 2.05) is 42.6 Å². The molecule has 3 rings (SSSR count). The smallest absolute Gasteiger partial charge is 0.274 e. The Morgan fingerprint density at radius 2 is 1.84 bits per heavy atom. The van der Waals surface area contributed by atoms with Gasteiger partial charge in [-0.1, -0.05) is 30.3 Å². The molecular formula is C19H18N2O3S. The van der Waals surface area contributed by atoms with E-state index >= 15 is 0 Å². The van der Waals surface area contributed by atoms with Crippen LogP contribution < -0.4 is 10.2 Å². The Labute approximate surface area is 150 Å². The van der Waals surface area contributed by atoms with E-state index in [0.29, 0.717) is 24.5 Å². The number of nitrogens with one attached hydrogen (secondary N) is 1. The van der Waals surface area contributed by atoms with Crippen molar-refractivity contribution in [2.75, 3.05) is 0 Å². The minimum Gasteiger partial charge on any atom is -0.487 e. The van der Waals surface area contributed by atoms with Crippen molar-refractivity contribution in [3.8, 4) is 5.75 Å². The first-order valence-electron chi connectivity index (χ1n) is 7.80. The lowest BCUT2D eigenvalue weighted by Crippen LogP contribution is -2.23. The third-order valence-electron chi connectivity index (χ3n) is 3.42. The second-order valence-electron chi connectivity index (χ2n) is 5.38. The molecule has 0 aliphatic rings. The molecule has 0 saturated carbocycles. The normalized spacial score (nSPS) is 10.4. The molecule has 5 nitrogen and oxygen atoms in total. The maximum atomic E-state index is 12.0. The molecule has 6 heteroatoms. The summed E-state index contributed by atoms with van der Waals surface area (Å²) < 4.78 is 5.66. The summed E-state index contributed by atoms with van der Waals surface area (Å²) in [5, 5.41) is 2.99. The Morgan fingerprint density at radius 3 is 2.52 bits per heavy atom. The fourth-order valence-corrected chi connectivity index (χ4v) is 2.75. The fourth-order valence-electron chi connectivity index (χ4n) is 2.15. The van der Waals surface area contributed by atoms with Gasteiger partial charge in [0, 0.05) is 10.9 Å². The number of nitrogens with zero attached hydrogens (tertiary/aromatic N) is 1. The number of rotatable bonds is 7. The zero-order chi connectivity index (χ0) is 17.5. The summed E-state index contributed by atoms with van der Waals surface area (Å²) in [6.45, 7) is 2.69. The fraction of sp³-hybridized carbons (Fsp3) is 0.158. The van der Waals surface area contributed by atoms with Gasteiger partial charge in [0.25, 0.3) is 5.91 Å². The molecule has 0 spiro atoms. The molecule has 0 aliphatic heterocycles. The molecule has 2 aromatic carbocycles. The lowest BCUT2D eigenvalue weighted by Gasteiger charge is -2.07. The molecule has 1 aromatic heterocycles. The van der Waals surface area contributed by atoms with Crippen LogP contribution in [0.15, 0.2) is 60.0 Å². The van der Waals surface area contributed by atoms with Gasteiger partial charge in [-0.05, 0) is 36.8 Å². The number of aromatic nitrogens is 1. The van der Waals surface area contributed by atoms with Gasteiger partial charge in [0.05, 0.1) is 17.3 Å². The number of aryl methyl sites for hydroxylation is 1. The van der Waals surface area contributed by atoms with Crippen LogP contribution in [-0.4, -0.2) is 10.9 Å². The third kappa shape index (κ3) is 5.14. The number of hydrogen-bond acceptors (Lipinski definition) is 5. The van der Waals surface area contributed by atoms with Crippen molar-refractivity contribution in [1.29, 1.82) is 0 Å². The van der Waals surface area contributed by atoms with E-state index in [0.717, 1.165) is 16.3 Å². The summed E-state index contributed by atoms with van der Waals surface area (Å²) in [6, 6.07) is 16.5. The van der Waals surface area contributed by atoms with Gasteiger partial charge in [0.15, 0.2) is 0 Å². The third-order valence-corrected chi connectivity index (χ3v) is 4.24. The lowest BCUT2D eigenvalue weighted by atomic mass is 10.2. The van der Waals surface area contributed by atoms with Gasteiger partial charge < -0.3 is 4.74 Å². The van der Waals surface area contributed by atoms with Crippen molar-refractivity contribution in [2.45, 2.75) is 20.1 Å². The van der Waals surface area contributed by atoms with Crippen molar-refractivity contribution < 1.29 is 14.4 Å². The first-order chi connectivity index (χ1) is 12.2. The van der Waals surface area contributed by atoms with Crippen molar-refractivity contribution >= 4 is 17.2 Å². The van der Waals surface area contributed by atoms with Crippen LogP contribution in [0.4, 0.5) is 0 Å². The predicted molar refractivity (Wildman–Crippen MR) is 96.3 cm³/mol. The Hall–Kier alpha value is -2.70. The molecule has 1 heterocycles. The van der Waals surface area contributed by atoms with Gasteiger partial charge in [-0.25, -0.2) is 10.5 Å². The highest BCUT2D eigenvalue weighted by Gasteiger charge is 2.06. The predicted octanol–water partition coefficient (Wildman–Crippen LogP) is 3.89. The van der Waals surface area contributed by atoms with Gasteiger partial charge in [-0.15, -0.1) is 11.3 Å². The molecule has 128 valence electrons. The number of carbonyl (C=O) groups excluding carboxylic acids is 1. The minimum absolute atomic E-state index is 0.294. The molecule has 0 bridgehead atoms. The summed E-state index contributed by atoms with van der Waals surface area (Å²) in [4.78, 5) is 21.6. The van der Waals surface area contributed by atoms with Crippen molar-refractivity contribution in [3.63, 3.8) is 0 Å². The van der Waals surface area contributed by atoms with Gasteiger partial charge in [-0.2, -0.15) is 0 Å². The average Bonchev–Trinajstić information content (AvgIpc) is 3.06. The highest BCUT2D eigenvalue weighted by Crippen LogP contribution is 2.15. The molecule has 25 heavy (non-hydrogen) atoms. The molecule has 1 N–H and O–H groups in total. The maximum absolute atomic E-state index is 12.0. The molecule has 0 aliphatic carbocycles. The summed E-state index contributed by atoms with van der Waals surface area (Å²) in [5.74, 6) is 0.394. The largest absolute Gasteiger partial charge is 0.487 e. The van der Waals surface area contributed by atoms with Gasteiger partial charge in [0.1, 0.15) is 12.4 Å². The number of carbonyl (C=O) groups is 1. The Kier molecular flexibility index (Phi) is 5.77. The number of ether oxygens (including phenoxy) is 1. The molecule has 3 aromatic rings. The molecule has 0 saturated heterocycles. The summed E-state index contributed by atoms with van der Waals surface area (Å²) in [7, 11) is 0. The lowest BCUT2D eigenvalue weighted by molar-refractivity contribution is 0.0233. The van der Waals surface area contributed by atoms with Crippen LogP contribution in [0.1, 0.15) is 26.6 Å². The van der Waals surface area contributed by atoms with Crippen LogP contribution in [0, 0.1) is 6.92 Å². The topological polar surface area (TPSA) is 60.5 Å². The zero-order valence-electron chi connectivity index (χ0n) is 13.8. The highest BCUT2D eigenvalue weighted by molar-refractivity contribution is 7.09. The van der Waals surface area contributed by atoms with Crippen LogP contribution >= 0.6 is 11.3 Å². The van der Waals surface area contributed by atoms with E-state index in [-0.39, 0.29) is 5.91 Å². The Bertz CT molecular complexity index is 816. The summed E-state index contributed by atoms with van der Waals surface area (Å²) in [5.41, 5.74) is 4.83. The van der Waals surface area contributed by atoms with Gasteiger partial charge in [-0.3, -0.25) is 9.63 Å². The standard InChI is InChI=1S/C19H18N2O3S/c1-14-20-17(13-25-14)12-23-18-9-7-16(8-10-18)19(22)21-24-11-15-5-3-2-4-6-15/h2-10,13H,11-12H2,1H3,(H,21,22). The highest BCUT2D eigenvalue weighted by atomic mass is 32.1. The van der Waals surface area contributed by atoms with Crippen LogP contribution in [-0.2, 0) is 18.1 Å². The second kappa shape index (κ2) is 8.41. The molecule has 0 fully saturated rings. The van der Waals surface area contributed by atoms with E-state index in [9.17, 15) is 4.79 Å².